The summed E-state index contributed by atoms with van der Waals surface area (Å²) in [6.07, 6.45) is -2.55. The number of amides is 1. The summed E-state index contributed by atoms with van der Waals surface area (Å²) in [6.45, 7) is 5.15. The van der Waals surface area contributed by atoms with Gasteiger partial charge in [-0.2, -0.15) is 18.3 Å². The van der Waals surface area contributed by atoms with Gasteiger partial charge in [-0.25, -0.2) is 0 Å². The Kier molecular flexibility index (Phi) is 4.62. The van der Waals surface area contributed by atoms with Gasteiger partial charge in [0.2, 0.25) is 0 Å². The maximum atomic E-state index is 12.7. The quantitative estimate of drug-likeness (QED) is 0.843. The molecule has 1 saturated heterocycles. The fourth-order valence-electron chi connectivity index (χ4n) is 2.90. The lowest BCUT2D eigenvalue weighted by Gasteiger charge is -2.29. The van der Waals surface area contributed by atoms with E-state index in [2.05, 4.69) is 12.0 Å². The van der Waals surface area contributed by atoms with Crippen molar-refractivity contribution < 1.29 is 22.4 Å². The fourth-order valence-corrected chi connectivity index (χ4v) is 2.90. The number of halogens is 3. The molecular formula is C17H20F3N3O2. The van der Waals surface area contributed by atoms with Gasteiger partial charge in [0, 0.05) is 18.8 Å². The Bertz CT molecular complexity index is 756. The van der Waals surface area contributed by atoms with Crippen LogP contribution < -0.4 is 0 Å². The molecular weight excluding hydrogens is 335 g/mol. The first-order valence-electron chi connectivity index (χ1n) is 8.23. The highest BCUT2D eigenvalue weighted by molar-refractivity contribution is 5.91. The van der Waals surface area contributed by atoms with Gasteiger partial charge in [-0.15, -0.1) is 0 Å². The van der Waals surface area contributed by atoms with Crippen LogP contribution in [0.2, 0.25) is 0 Å². The number of likely N-dealkylation sites (tertiary alicyclic amines) is 1. The van der Waals surface area contributed by atoms with E-state index in [1.54, 1.807) is 24.0 Å². The van der Waals surface area contributed by atoms with Crippen molar-refractivity contribution in [3.63, 3.8) is 0 Å². The van der Waals surface area contributed by atoms with Crippen molar-refractivity contribution in [3.05, 3.63) is 41.1 Å². The van der Waals surface area contributed by atoms with Gasteiger partial charge in [0.25, 0.3) is 5.91 Å². The van der Waals surface area contributed by atoms with Crippen molar-refractivity contribution in [2.75, 3.05) is 13.1 Å². The molecule has 25 heavy (non-hydrogen) atoms. The first-order chi connectivity index (χ1) is 11.7. The van der Waals surface area contributed by atoms with E-state index in [1.165, 1.54) is 4.68 Å². The lowest BCUT2D eigenvalue weighted by molar-refractivity contribution is -0.141. The molecule has 0 aromatic carbocycles. The second kappa shape index (κ2) is 6.57. The first kappa shape index (κ1) is 17.6. The minimum absolute atomic E-state index is 0.0478. The Hall–Kier alpha value is -2.25. The molecule has 0 radical (unpaired) electrons. The molecule has 0 aliphatic carbocycles. The van der Waals surface area contributed by atoms with E-state index in [0.29, 0.717) is 30.5 Å². The van der Waals surface area contributed by atoms with Crippen LogP contribution in [0.4, 0.5) is 13.2 Å². The van der Waals surface area contributed by atoms with E-state index in [-0.39, 0.29) is 18.2 Å². The smallest absolute Gasteiger partial charge is 0.435 e. The molecule has 1 aliphatic heterocycles. The van der Waals surface area contributed by atoms with Crippen LogP contribution in [0.1, 0.15) is 47.5 Å². The average molecular weight is 355 g/mol. The second-order valence-electron chi connectivity index (χ2n) is 6.57. The van der Waals surface area contributed by atoms with Crippen LogP contribution in [0.3, 0.4) is 0 Å². The SMILES string of the molecule is Cc1cc(C(F)(F)F)nn1Cc1ccc(C(=O)N2CCC(C)CC2)o1. The molecule has 0 unspecified atom stereocenters. The topological polar surface area (TPSA) is 51.3 Å². The molecule has 2 aromatic heterocycles. The predicted molar refractivity (Wildman–Crippen MR) is 84.1 cm³/mol. The van der Waals surface area contributed by atoms with Crippen molar-refractivity contribution in [1.29, 1.82) is 0 Å². The molecule has 5 nitrogen and oxygen atoms in total. The number of furan rings is 1. The van der Waals surface area contributed by atoms with Crippen LogP contribution in [0.25, 0.3) is 0 Å². The summed E-state index contributed by atoms with van der Waals surface area (Å²) in [6, 6.07) is 4.16. The molecule has 136 valence electrons. The highest BCUT2D eigenvalue weighted by Crippen LogP contribution is 2.28. The zero-order valence-electron chi connectivity index (χ0n) is 14.1. The average Bonchev–Trinajstić information content (AvgIpc) is 3.15. The van der Waals surface area contributed by atoms with Gasteiger partial charge in [0.1, 0.15) is 5.76 Å². The van der Waals surface area contributed by atoms with Crippen LogP contribution in [-0.4, -0.2) is 33.7 Å². The van der Waals surface area contributed by atoms with Gasteiger partial charge in [-0.05, 0) is 43.9 Å². The molecule has 1 fully saturated rings. The molecule has 1 aliphatic rings. The highest BCUT2D eigenvalue weighted by Gasteiger charge is 2.34. The van der Waals surface area contributed by atoms with Gasteiger partial charge in [0.05, 0.1) is 6.54 Å². The third kappa shape index (κ3) is 3.88. The van der Waals surface area contributed by atoms with Crippen molar-refractivity contribution >= 4 is 5.91 Å². The van der Waals surface area contributed by atoms with Crippen molar-refractivity contribution in [2.24, 2.45) is 5.92 Å². The number of alkyl halides is 3. The van der Waals surface area contributed by atoms with E-state index in [4.69, 9.17) is 4.42 Å². The van der Waals surface area contributed by atoms with Crippen LogP contribution in [0.5, 0.6) is 0 Å². The third-order valence-corrected chi connectivity index (χ3v) is 4.52. The molecule has 0 saturated carbocycles. The molecule has 0 atom stereocenters. The van der Waals surface area contributed by atoms with Crippen molar-refractivity contribution in [2.45, 2.75) is 39.4 Å². The summed E-state index contributed by atoms with van der Waals surface area (Å²) in [5, 5.41) is 3.56. The number of rotatable bonds is 3. The van der Waals surface area contributed by atoms with Crippen LogP contribution in [-0.2, 0) is 12.7 Å². The largest absolute Gasteiger partial charge is 0.454 e. The monoisotopic (exact) mass is 355 g/mol. The summed E-state index contributed by atoms with van der Waals surface area (Å²) >= 11 is 0. The number of aromatic nitrogens is 2. The maximum absolute atomic E-state index is 12.7. The van der Waals surface area contributed by atoms with Crippen molar-refractivity contribution in [1.82, 2.24) is 14.7 Å². The van der Waals surface area contributed by atoms with Gasteiger partial charge in [-0.1, -0.05) is 6.92 Å². The maximum Gasteiger partial charge on any atom is 0.435 e. The lowest BCUT2D eigenvalue weighted by Crippen LogP contribution is -2.37. The Morgan fingerprint density at radius 2 is 2.00 bits per heavy atom. The lowest BCUT2D eigenvalue weighted by atomic mass is 9.99. The summed E-state index contributed by atoms with van der Waals surface area (Å²) in [5.41, 5.74) is -0.558. The van der Waals surface area contributed by atoms with Gasteiger partial charge < -0.3 is 9.32 Å². The highest BCUT2D eigenvalue weighted by atomic mass is 19.4. The van der Waals surface area contributed by atoms with Crippen LogP contribution in [0.15, 0.2) is 22.6 Å². The van der Waals surface area contributed by atoms with E-state index < -0.39 is 11.9 Å². The summed E-state index contributed by atoms with van der Waals surface area (Å²) in [7, 11) is 0. The summed E-state index contributed by atoms with van der Waals surface area (Å²) in [5.74, 6) is 1.05. The first-order valence-corrected chi connectivity index (χ1v) is 8.23. The Morgan fingerprint density at radius 3 is 2.60 bits per heavy atom. The minimum atomic E-state index is -4.48. The minimum Gasteiger partial charge on any atom is -0.454 e. The van der Waals surface area contributed by atoms with E-state index in [1.807, 2.05) is 0 Å². The molecule has 3 rings (SSSR count). The molecule has 0 N–H and O–H groups in total. The fraction of sp³-hybridized carbons (Fsp3) is 0.529. The standard InChI is InChI=1S/C17H20F3N3O2/c1-11-5-7-22(8-6-11)16(24)14-4-3-13(25-14)10-23-12(2)9-15(21-23)17(18,19)20/h3-4,9,11H,5-8,10H2,1-2H3. The molecule has 2 aromatic rings. The van der Waals surface area contributed by atoms with Gasteiger partial charge in [0.15, 0.2) is 11.5 Å². The Labute approximate surface area is 143 Å². The zero-order chi connectivity index (χ0) is 18.2. The predicted octanol–water partition coefficient (Wildman–Crippen LogP) is 3.72. The number of carbonyl (C=O) groups is 1. The summed E-state index contributed by atoms with van der Waals surface area (Å²) < 4.78 is 44.9. The van der Waals surface area contributed by atoms with E-state index in [0.717, 1.165) is 18.9 Å². The van der Waals surface area contributed by atoms with Crippen LogP contribution >= 0.6 is 0 Å². The molecule has 1 amide bonds. The number of nitrogens with zero attached hydrogens (tertiary/aromatic N) is 3. The van der Waals surface area contributed by atoms with E-state index >= 15 is 0 Å². The number of hydrogen-bond acceptors (Lipinski definition) is 3. The molecule has 8 heteroatoms. The Balaban J connectivity index is 1.70. The van der Waals surface area contributed by atoms with Gasteiger partial charge >= 0.3 is 6.18 Å². The summed E-state index contributed by atoms with van der Waals surface area (Å²) in [4.78, 5) is 14.2. The third-order valence-electron chi connectivity index (χ3n) is 4.52. The number of piperidine rings is 1. The number of aryl methyl sites for hydroxylation is 1. The number of hydrogen-bond donors (Lipinski definition) is 0. The van der Waals surface area contributed by atoms with Gasteiger partial charge in [-0.3, -0.25) is 9.48 Å². The van der Waals surface area contributed by atoms with Crippen LogP contribution in [0, 0.1) is 12.8 Å². The molecule has 3 heterocycles. The van der Waals surface area contributed by atoms with E-state index in [9.17, 15) is 18.0 Å². The second-order valence-corrected chi connectivity index (χ2v) is 6.57. The normalized spacial score (nSPS) is 16.4. The molecule has 0 spiro atoms. The molecule has 0 bridgehead atoms. The zero-order valence-corrected chi connectivity index (χ0v) is 14.1. The number of carbonyl (C=O) groups excluding carboxylic acids is 1. The van der Waals surface area contributed by atoms with Crippen molar-refractivity contribution in [3.8, 4) is 0 Å². The Morgan fingerprint density at radius 1 is 1.32 bits per heavy atom.